The van der Waals surface area contributed by atoms with Crippen molar-refractivity contribution in [2.75, 3.05) is 42.5 Å². The van der Waals surface area contributed by atoms with Crippen LogP contribution in [-0.2, 0) is 0 Å². The summed E-state index contributed by atoms with van der Waals surface area (Å²) < 4.78 is 1.69. The number of para-hydroxylation sites is 1. The van der Waals surface area contributed by atoms with Crippen LogP contribution in [0, 0.1) is 0 Å². The van der Waals surface area contributed by atoms with E-state index in [1.807, 2.05) is 24.3 Å². The molecule has 1 N–H and O–H groups in total. The minimum absolute atomic E-state index is 0.211. The topological polar surface area (TPSA) is 66.3 Å². The summed E-state index contributed by atoms with van der Waals surface area (Å²) in [5.41, 5.74) is 2.24. The molecule has 2 aliphatic heterocycles. The summed E-state index contributed by atoms with van der Waals surface area (Å²) in [4.78, 5) is 27.9. The average molecular weight is 481 g/mol. The van der Waals surface area contributed by atoms with Crippen molar-refractivity contribution in [2.24, 2.45) is 0 Å². The summed E-state index contributed by atoms with van der Waals surface area (Å²) >= 11 is 6.85. The van der Waals surface area contributed by atoms with Gasteiger partial charge in [-0.3, -0.25) is 0 Å². The Kier molecular flexibility index (Phi) is 6.49. The van der Waals surface area contributed by atoms with Crippen LogP contribution in [0.25, 0.3) is 16.7 Å². The Labute approximate surface area is 205 Å². The van der Waals surface area contributed by atoms with E-state index in [0.29, 0.717) is 16.5 Å². The molecule has 0 saturated carbocycles. The zero-order valence-corrected chi connectivity index (χ0v) is 21.0. The number of benzene rings is 1. The van der Waals surface area contributed by atoms with Gasteiger partial charge in [0.2, 0.25) is 0 Å². The van der Waals surface area contributed by atoms with E-state index in [1.165, 1.54) is 6.42 Å². The minimum atomic E-state index is -0.305. The maximum Gasteiger partial charge on any atom is 0.355 e. The van der Waals surface area contributed by atoms with Crippen LogP contribution in [-0.4, -0.2) is 53.3 Å². The van der Waals surface area contributed by atoms with Crippen molar-refractivity contribution >= 4 is 34.3 Å². The highest BCUT2D eigenvalue weighted by atomic mass is 35.5. The Morgan fingerprint density at radius 3 is 2.56 bits per heavy atom. The van der Waals surface area contributed by atoms with E-state index >= 15 is 0 Å². The van der Waals surface area contributed by atoms with Crippen molar-refractivity contribution in [3.8, 4) is 5.69 Å². The normalized spacial score (nSPS) is 19.3. The van der Waals surface area contributed by atoms with Crippen LogP contribution in [0.2, 0.25) is 5.02 Å². The molecule has 0 aliphatic carbocycles. The van der Waals surface area contributed by atoms with Gasteiger partial charge in [0, 0.05) is 38.8 Å². The number of piperazine rings is 1. The summed E-state index contributed by atoms with van der Waals surface area (Å²) in [7, 11) is 0. The Morgan fingerprint density at radius 2 is 1.82 bits per heavy atom. The van der Waals surface area contributed by atoms with E-state index in [4.69, 9.17) is 16.6 Å². The van der Waals surface area contributed by atoms with Gasteiger partial charge in [0.05, 0.1) is 16.1 Å². The van der Waals surface area contributed by atoms with Crippen molar-refractivity contribution in [2.45, 2.75) is 52.0 Å². The van der Waals surface area contributed by atoms with Gasteiger partial charge in [-0.2, -0.15) is 4.98 Å². The Bertz CT molecular complexity index is 1250. The van der Waals surface area contributed by atoms with Gasteiger partial charge in [-0.05, 0) is 49.8 Å². The van der Waals surface area contributed by atoms with Gasteiger partial charge >= 0.3 is 5.69 Å². The zero-order valence-electron chi connectivity index (χ0n) is 20.2. The van der Waals surface area contributed by atoms with Crippen LogP contribution in [0.5, 0.6) is 0 Å². The molecule has 7 nitrogen and oxygen atoms in total. The zero-order chi connectivity index (χ0) is 23.8. The van der Waals surface area contributed by atoms with E-state index in [1.54, 1.807) is 4.57 Å². The van der Waals surface area contributed by atoms with Gasteiger partial charge in [-0.15, -0.1) is 0 Å². The molecule has 0 radical (unpaired) electrons. The second kappa shape index (κ2) is 9.55. The molecule has 8 heteroatoms. The molecule has 4 heterocycles. The van der Waals surface area contributed by atoms with Crippen molar-refractivity contribution in [3.63, 3.8) is 0 Å². The molecule has 0 amide bonds. The predicted molar refractivity (Wildman–Crippen MR) is 140 cm³/mol. The Hall–Kier alpha value is -2.64. The number of nitrogens with zero attached hydrogens (tertiary/aromatic N) is 5. The molecule has 3 aromatic rings. The third-order valence-corrected chi connectivity index (χ3v) is 7.29. The molecule has 2 saturated heterocycles. The molecule has 2 aromatic heterocycles. The first-order valence-electron chi connectivity index (χ1n) is 12.4. The molecule has 1 aromatic carbocycles. The van der Waals surface area contributed by atoms with Crippen LogP contribution >= 0.6 is 11.6 Å². The SMILES string of the molecule is CC(C)c1ccccc1-n1c(=O)nc(N2CCNCC2C)c2cc(Cl)c(N3CCCCC3)nc21. The van der Waals surface area contributed by atoms with Crippen LogP contribution < -0.4 is 20.8 Å². The van der Waals surface area contributed by atoms with Crippen LogP contribution in [0.1, 0.15) is 51.5 Å². The van der Waals surface area contributed by atoms with Gasteiger partial charge in [-0.25, -0.2) is 14.3 Å². The first-order chi connectivity index (χ1) is 16.5. The fourth-order valence-corrected chi connectivity index (χ4v) is 5.47. The fraction of sp³-hybridized carbons (Fsp3) is 0.500. The summed E-state index contributed by atoms with van der Waals surface area (Å²) in [6.45, 7) is 10.8. The second-order valence-corrected chi connectivity index (χ2v) is 10.1. The molecule has 1 unspecified atom stereocenters. The molecule has 1 atom stereocenters. The molecule has 0 bridgehead atoms. The lowest BCUT2D eigenvalue weighted by atomic mass is 10.0. The lowest BCUT2D eigenvalue weighted by Crippen LogP contribution is -2.50. The molecule has 180 valence electrons. The van der Waals surface area contributed by atoms with Crippen molar-refractivity contribution in [1.29, 1.82) is 0 Å². The average Bonchev–Trinajstić information content (AvgIpc) is 2.84. The highest BCUT2D eigenvalue weighted by molar-refractivity contribution is 6.33. The lowest BCUT2D eigenvalue weighted by Gasteiger charge is -2.36. The number of hydrogen-bond acceptors (Lipinski definition) is 6. The van der Waals surface area contributed by atoms with E-state index in [-0.39, 0.29) is 17.6 Å². The number of aromatic nitrogens is 3. The number of rotatable bonds is 4. The quantitative estimate of drug-likeness (QED) is 0.599. The third kappa shape index (κ3) is 4.16. The number of nitrogens with one attached hydrogen (secondary N) is 1. The van der Waals surface area contributed by atoms with E-state index in [9.17, 15) is 4.79 Å². The second-order valence-electron chi connectivity index (χ2n) is 9.73. The highest BCUT2D eigenvalue weighted by Crippen LogP contribution is 2.35. The largest absolute Gasteiger partial charge is 0.355 e. The monoisotopic (exact) mass is 480 g/mol. The number of fused-ring (bicyclic) bond motifs is 1. The minimum Gasteiger partial charge on any atom is -0.355 e. The molecule has 0 spiro atoms. The Balaban J connectivity index is 1.80. The molecule has 5 rings (SSSR count). The highest BCUT2D eigenvalue weighted by Gasteiger charge is 2.27. The van der Waals surface area contributed by atoms with Crippen molar-refractivity contribution in [3.05, 3.63) is 51.4 Å². The van der Waals surface area contributed by atoms with E-state index in [2.05, 4.69) is 46.9 Å². The summed E-state index contributed by atoms with van der Waals surface area (Å²) in [5.74, 6) is 1.68. The molecule has 2 fully saturated rings. The summed E-state index contributed by atoms with van der Waals surface area (Å²) in [6.07, 6.45) is 3.47. The first kappa shape index (κ1) is 23.1. The summed E-state index contributed by atoms with van der Waals surface area (Å²) in [5, 5.41) is 4.85. The van der Waals surface area contributed by atoms with Crippen LogP contribution in [0.3, 0.4) is 0 Å². The van der Waals surface area contributed by atoms with Gasteiger partial charge in [0.1, 0.15) is 11.6 Å². The molecule has 2 aliphatic rings. The van der Waals surface area contributed by atoms with Gasteiger partial charge in [0.15, 0.2) is 5.65 Å². The number of halogens is 1. The summed E-state index contributed by atoms with van der Waals surface area (Å²) in [6, 6.07) is 10.2. The van der Waals surface area contributed by atoms with Crippen LogP contribution in [0.4, 0.5) is 11.6 Å². The standard InChI is InChI=1S/C26H33ClN6O/c1-17(2)19-9-5-6-10-22(19)33-24-20(15-21(27)25(29-24)31-12-7-4-8-13-31)23(30-26(33)34)32-14-11-28-16-18(32)3/h5-6,9-10,15,17-18,28H,4,7-8,11-14,16H2,1-3H3. The van der Waals surface area contributed by atoms with E-state index in [0.717, 1.165) is 68.0 Å². The lowest BCUT2D eigenvalue weighted by molar-refractivity contribution is 0.497. The third-order valence-electron chi connectivity index (χ3n) is 7.01. The van der Waals surface area contributed by atoms with E-state index < -0.39 is 0 Å². The van der Waals surface area contributed by atoms with Crippen molar-refractivity contribution < 1.29 is 0 Å². The smallest absolute Gasteiger partial charge is 0.355 e. The van der Waals surface area contributed by atoms with Gasteiger partial charge < -0.3 is 15.1 Å². The number of pyridine rings is 1. The fourth-order valence-electron chi connectivity index (χ4n) is 5.19. The molecule has 34 heavy (non-hydrogen) atoms. The van der Waals surface area contributed by atoms with Crippen molar-refractivity contribution in [1.82, 2.24) is 19.9 Å². The number of anilines is 2. The number of piperidine rings is 1. The van der Waals surface area contributed by atoms with Gasteiger partial charge in [0.25, 0.3) is 0 Å². The maximum atomic E-state index is 13.7. The molecular weight excluding hydrogens is 448 g/mol. The maximum absolute atomic E-state index is 13.7. The van der Waals surface area contributed by atoms with Gasteiger partial charge in [-0.1, -0.05) is 43.6 Å². The Morgan fingerprint density at radius 1 is 1.06 bits per heavy atom. The number of hydrogen-bond donors (Lipinski definition) is 1. The first-order valence-corrected chi connectivity index (χ1v) is 12.8. The molecular formula is C26H33ClN6O. The van der Waals surface area contributed by atoms with Crippen LogP contribution in [0.15, 0.2) is 35.1 Å². The predicted octanol–water partition coefficient (Wildman–Crippen LogP) is 4.35.